The monoisotopic (exact) mass is 682 g/mol. The highest BCUT2D eigenvalue weighted by atomic mass is 32.2. The van der Waals surface area contributed by atoms with Crippen LogP contribution < -0.4 is 19.7 Å². The van der Waals surface area contributed by atoms with E-state index in [1.807, 2.05) is 6.08 Å². The minimum atomic E-state index is -4.84. The zero-order valence-electron chi connectivity index (χ0n) is 26.8. The van der Waals surface area contributed by atoms with E-state index in [0.29, 0.717) is 12.5 Å². The summed E-state index contributed by atoms with van der Waals surface area (Å²) in [5.41, 5.74) is 3.60. The third kappa shape index (κ3) is 8.24. The SMILES string of the molecule is CN1C(=NCC2CCC(/C=C/NS(=O)(=O)c3ccc(OC(F)(F)F)cc3)CC2)Nc2ccccc2C1N1CCN(c2ccccc2)CC1. The van der Waals surface area contributed by atoms with Crippen molar-refractivity contribution in [2.24, 2.45) is 16.8 Å². The van der Waals surface area contributed by atoms with Gasteiger partial charge in [-0.2, -0.15) is 0 Å². The number of hydrogen-bond donors (Lipinski definition) is 2. The van der Waals surface area contributed by atoms with Crippen molar-refractivity contribution in [1.82, 2.24) is 14.5 Å². The fourth-order valence-electron chi connectivity index (χ4n) is 6.76. The van der Waals surface area contributed by atoms with E-state index >= 15 is 0 Å². The number of alkyl halides is 3. The van der Waals surface area contributed by atoms with Crippen LogP contribution in [0.4, 0.5) is 24.5 Å². The number of allylic oxidation sites excluding steroid dienone is 1. The number of fused-ring (bicyclic) bond motifs is 1. The first-order valence-corrected chi connectivity index (χ1v) is 17.8. The van der Waals surface area contributed by atoms with E-state index in [1.165, 1.54) is 17.5 Å². The Morgan fingerprint density at radius 1 is 0.917 bits per heavy atom. The van der Waals surface area contributed by atoms with Gasteiger partial charge in [0, 0.05) is 62.9 Å². The maximum Gasteiger partial charge on any atom is 0.573 e. The maximum atomic E-state index is 12.6. The Balaban J connectivity index is 1.01. The molecule has 1 saturated carbocycles. The number of nitrogens with one attached hydrogen (secondary N) is 2. The predicted octanol–water partition coefficient (Wildman–Crippen LogP) is 6.42. The van der Waals surface area contributed by atoms with Gasteiger partial charge < -0.3 is 19.9 Å². The van der Waals surface area contributed by atoms with Crippen LogP contribution in [0.1, 0.15) is 37.4 Å². The van der Waals surface area contributed by atoms with Crippen molar-refractivity contribution in [3.63, 3.8) is 0 Å². The van der Waals surface area contributed by atoms with Crippen molar-refractivity contribution >= 4 is 27.4 Å². The Hall–Kier alpha value is -4.23. The van der Waals surface area contributed by atoms with Crippen LogP contribution in [-0.4, -0.2) is 70.3 Å². The molecular formula is C35H41F3N6O3S. The Kier molecular flexibility index (Phi) is 10.2. The number of aliphatic imine (C=N–C) groups is 1. The number of nitrogens with zero attached hydrogens (tertiary/aromatic N) is 4. The summed E-state index contributed by atoms with van der Waals surface area (Å²) in [5.74, 6) is 1.04. The minimum Gasteiger partial charge on any atom is -0.406 e. The lowest BCUT2D eigenvalue weighted by molar-refractivity contribution is -0.274. The van der Waals surface area contributed by atoms with Crippen LogP contribution in [0.15, 0.2) is 101 Å². The number of anilines is 2. The number of ether oxygens (including phenoxy) is 1. The molecule has 6 rings (SSSR count). The molecule has 3 aliphatic rings. The summed E-state index contributed by atoms with van der Waals surface area (Å²) in [6.07, 6.45) is 2.31. The van der Waals surface area contributed by atoms with Crippen LogP contribution in [0.2, 0.25) is 0 Å². The summed E-state index contributed by atoms with van der Waals surface area (Å²) in [5, 5.41) is 3.57. The predicted molar refractivity (Wildman–Crippen MR) is 181 cm³/mol. The molecule has 1 unspecified atom stereocenters. The summed E-state index contributed by atoms with van der Waals surface area (Å²) in [6.45, 7) is 4.53. The number of sulfonamides is 1. The second kappa shape index (κ2) is 14.5. The number of benzene rings is 3. The van der Waals surface area contributed by atoms with Crippen molar-refractivity contribution in [3.8, 4) is 5.75 Å². The number of guanidine groups is 1. The van der Waals surface area contributed by atoms with Gasteiger partial charge in [0.15, 0.2) is 5.96 Å². The first-order valence-electron chi connectivity index (χ1n) is 16.3. The van der Waals surface area contributed by atoms with E-state index in [0.717, 1.165) is 87.8 Å². The number of piperazine rings is 1. The van der Waals surface area contributed by atoms with Gasteiger partial charge in [0.2, 0.25) is 0 Å². The molecule has 2 aliphatic heterocycles. The Morgan fingerprint density at radius 2 is 1.58 bits per heavy atom. The fourth-order valence-corrected chi connectivity index (χ4v) is 7.65. The molecule has 1 atom stereocenters. The minimum absolute atomic E-state index is 0.0925. The summed E-state index contributed by atoms with van der Waals surface area (Å²) >= 11 is 0. The maximum absolute atomic E-state index is 12.6. The van der Waals surface area contributed by atoms with E-state index in [1.54, 1.807) is 0 Å². The molecule has 1 aliphatic carbocycles. The quantitative estimate of drug-likeness (QED) is 0.270. The Bertz CT molecular complexity index is 1690. The van der Waals surface area contributed by atoms with Gasteiger partial charge in [-0.25, -0.2) is 8.42 Å². The van der Waals surface area contributed by atoms with E-state index < -0.39 is 22.1 Å². The third-order valence-electron chi connectivity index (χ3n) is 9.32. The van der Waals surface area contributed by atoms with E-state index in [-0.39, 0.29) is 17.0 Å². The highest BCUT2D eigenvalue weighted by Gasteiger charge is 2.35. The zero-order valence-corrected chi connectivity index (χ0v) is 27.6. The molecular weight excluding hydrogens is 641 g/mol. The van der Waals surface area contributed by atoms with Gasteiger partial charge in [-0.05, 0) is 80.0 Å². The Morgan fingerprint density at radius 3 is 2.27 bits per heavy atom. The molecule has 0 radical (unpaired) electrons. The van der Waals surface area contributed by atoms with E-state index in [4.69, 9.17) is 4.99 Å². The lowest BCUT2D eigenvalue weighted by Gasteiger charge is -2.47. The molecule has 2 fully saturated rings. The van der Waals surface area contributed by atoms with Crippen LogP contribution in [0.5, 0.6) is 5.75 Å². The smallest absolute Gasteiger partial charge is 0.406 e. The summed E-state index contributed by atoms with van der Waals surface area (Å²) in [6, 6.07) is 23.1. The van der Waals surface area contributed by atoms with Crippen molar-refractivity contribution in [2.75, 3.05) is 50.0 Å². The number of hydrogen-bond acceptors (Lipinski definition) is 6. The van der Waals surface area contributed by atoms with Crippen molar-refractivity contribution in [3.05, 3.63) is 96.7 Å². The van der Waals surface area contributed by atoms with Gasteiger partial charge in [0.1, 0.15) is 11.9 Å². The van der Waals surface area contributed by atoms with Crippen LogP contribution in [0, 0.1) is 11.8 Å². The molecule has 1 saturated heterocycles. The van der Waals surface area contributed by atoms with Gasteiger partial charge in [0.05, 0.1) is 4.90 Å². The second-order valence-electron chi connectivity index (χ2n) is 12.5. The normalized spacial score (nSPS) is 23.2. The average molecular weight is 683 g/mol. The molecule has 2 heterocycles. The van der Waals surface area contributed by atoms with Crippen molar-refractivity contribution < 1.29 is 26.3 Å². The molecule has 0 bridgehead atoms. The summed E-state index contributed by atoms with van der Waals surface area (Å²) in [4.78, 5) is 12.2. The molecule has 48 heavy (non-hydrogen) atoms. The van der Waals surface area contributed by atoms with Gasteiger partial charge in [-0.1, -0.05) is 42.5 Å². The number of para-hydroxylation sites is 2. The average Bonchev–Trinajstić information content (AvgIpc) is 3.08. The standard InChI is InChI=1S/C35H41F3N6O3S/c1-42-33(44-23-21-43(22-24-44)28-7-3-2-4-8-28)31-9-5-6-10-32(31)41-34(42)39-25-27-13-11-26(12-14-27)19-20-40-48(45,46)30-17-15-29(16-18-30)47-35(36,37)38/h2-10,15-20,26-27,33,40H,11-14,21-25H2,1H3,(H,39,41)/b20-19+. The van der Waals surface area contributed by atoms with Crippen molar-refractivity contribution in [1.29, 1.82) is 0 Å². The van der Waals surface area contributed by atoms with Gasteiger partial charge >= 0.3 is 6.36 Å². The first-order chi connectivity index (χ1) is 23.1. The topological polar surface area (TPSA) is 89.5 Å². The molecule has 3 aromatic rings. The Labute approximate surface area is 280 Å². The molecule has 2 N–H and O–H groups in total. The third-order valence-corrected chi connectivity index (χ3v) is 10.7. The van der Waals surface area contributed by atoms with Crippen LogP contribution >= 0.6 is 0 Å². The molecule has 3 aromatic carbocycles. The molecule has 0 spiro atoms. The van der Waals surface area contributed by atoms with E-state index in [9.17, 15) is 21.6 Å². The molecule has 9 nitrogen and oxygen atoms in total. The second-order valence-corrected chi connectivity index (χ2v) is 14.2. The molecule has 0 aromatic heterocycles. The van der Waals surface area contributed by atoms with E-state index in [2.05, 4.69) is 91.1 Å². The largest absolute Gasteiger partial charge is 0.573 e. The lowest BCUT2D eigenvalue weighted by atomic mass is 9.82. The van der Waals surface area contributed by atoms with Crippen molar-refractivity contribution in [2.45, 2.75) is 43.1 Å². The first kappa shape index (κ1) is 33.7. The summed E-state index contributed by atoms with van der Waals surface area (Å²) in [7, 11) is -1.80. The van der Waals surface area contributed by atoms with Crippen LogP contribution in [-0.2, 0) is 10.0 Å². The van der Waals surface area contributed by atoms with Gasteiger partial charge in [-0.3, -0.25) is 14.6 Å². The summed E-state index contributed by atoms with van der Waals surface area (Å²) < 4.78 is 68.6. The molecule has 13 heteroatoms. The highest BCUT2D eigenvalue weighted by molar-refractivity contribution is 7.89. The van der Waals surface area contributed by atoms with Crippen LogP contribution in [0.3, 0.4) is 0 Å². The fraction of sp³-hybridized carbons (Fsp3) is 0.400. The van der Waals surface area contributed by atoms with Gasteiger partial charge in [-0.15, -0.1) is 13.2 Å². The van der Waals surface area contributed by atoms with Gasteiger partial charge in [0.25, 0.3) is 10.0 Å². The van der Waals surface area contributed by atoms with Crippen LogP contribution in [0.25, 0.3) is 0 Å². The number of halogens is 3. The molecule has 0 amide bonds. The lowest BCUT2D eigenvalue weighted by Crippen LogP contribution is -2.54. The number of rotatable bonds is 9. The molecule has 256 valence electrons. The zero-order chi connectivity index (χ0) is 33.7. The highest BCUT2D eigenvalue weighted by Crippen LogP contribution is 2.36.